The average Bonchev–Trinajstić information content (AvgIpc) is 2.78. The highest BCUT2D eigenvalue weighted by Crippen LogP contribution is 2.17. The molecule has 0 radical (unpaired) electrons. The fraction of sp³-hybridized carbons (Fsp3) is 0.0833. The first-order valence-electron chi connectivity index (χ1n) is 5.02. The van der Waals surface area contributed by atoms with Crippen LogP contribution in [0.2, 0.25) is 5.02 Å². The van der Waals surface area contributed by atoms with E-state index in [0.29, 0.717) is 28.6 Å². The van der Waals surface area contributed by atoms with Crippen molar-refractivity contribution >= 4 is 23.2 Å². The van der Waals surface area contributed by atoms with E-state index in [2.05, 4.69) is 5.32 Å². The van der Waals surface area contributed by atoms with Gasteiger partial charge in [-0.05, 0) is 30.3 Å². The maximum Gasteiger partial charge on any atom is 0.253 e. The fourth-order valence-electron chi connectivity index (χ4n) is 1.42. The van der Waals surface area contributed by atoms with Crippen LogP contribution in [0.15, 0.2) is 41.0 Å². The molecule has 17 heavy (non-hydrogen) atoms. The number of nitrogens with one attached hydrogen (secondary N) is 1. The van der Waals surface area contributed by atoms with E-state index in [0.717, 1.165) is 0 Å². The van der Waals surface area contributed by atoms with Gasteiger partial charge in [-0.3, -0.25) is 4.79 Å². The maximum absolute atomic E-state index is 11.8. The standard InChI is InChI=1S/C12H11ClN2O2/c13-8-3-4-10(11(14)6-8)12(16)15-7-9-2-1-5-17-9/h1-6H,7,14H2,(H,15,16). The lowest BCUT2D eigenvalue weighted by Gasteiger charge is -2.06. The molecular formula is C12H11ClN2O2. The minimum absolute atomic E-state index is 0.254. The van der Waals surface area contributed by atoms with Gasteiger partial charge in [-0.15, -0.1) is 0 Å². The van der Waals surface area contributed by atoms with Gasteiger partial charge < -0.3 is 15.5 Å². The molecule has 2 rings (SSSR count). The average molecular weight is 251 g/mol. The van der Waals surface area contributed by atoms with Crippen LogP contribution >= 0.6 is 11.6 Å². The molecule has 0 bridgehead atoms. The molecule has 0 aliphatic carbocycles. The maximum atomic E-state index is 11.8. The number of benzene rings is 1. The topological polar surface area (TPSA) is 68.3 Å². The third-order valence-electron chi connectivity index (χ3n) is 2.26. The van der Waals surface area contributed by atoms with Crippen LogP contribution in [0, 0.1) is 0 Å². The Kier molecular flexibility index (Phi) is 3.35. The summed E-state index contributed by atoms with van der Waals surface area (Å²) in [4.78, 5) is 11.8. The predicted octanol–water partition coefficient (Wildman–Crippen LogP) is 2.45. The zero-order valence-electron chi connectivity index (χ0n) is 8.94. The number of carbonyl (C=O) groups is 1. The molecule has 0 fully saturated rings. The molecular weight excluding hydrogens is 240 g/mol. The molecule has 2 aromatic rings. The van der Waals surface area contributed by atoms with Gasteiger partial charge in [0.25, 0.3) is 5.91 Å². The summed E-state index contributed by atoms with van der Waals surface area (Å²) in [5.41, 5.74) is 6.46. The normalized spacial score (nSPS) is 10.2. The summed E-state index contributed by atoms with van der Waals surface area (Å²) in [6.07, 6.45) is 1.55. The van der Waals surface area contributed by atoms with Gasteiger partial charge in [0, 0.05) is 10.7 Å². The Hall–Kier alpha value is -1.94. The number of hydrogen-bond donors (Lipinski definition) is 2. The lowest BCUT2D eigenvalue weighted by atomic mass is 10.1. The molecule has 3 N–H and O–H groups in total. The first-order chi connectivity index (χ1) is 8.16. The Morgan fingerprint density at radius 2 is 2.24 bits per heavy atom. The third kappa shape index (κ3) is 2.79. The highest BCUT2D eigenvalue weighted by molar-refractivity contribution is 6.31. The zero-order chi connectivity index (χ0) is 12.3. The third-order valence-corrected chi connectivity index (χ3v) is 2.50. The number of furan rings is 1. The lowest BCUT2D eigenvalue weighted by molar-refractivity contribution is 0.0949. The first kappa shape index (κ1) is 11.5. The number of amides is 1. The van der Waals surface area contributed by atoms with E-state index in [1.807, 2.05) is 0 Å². The van der Waals surface area contributed by atoms with E-state index in [9.17, 15) is 4.79 Å². The van der Waals surface area contributed by atoms with Crippen LogP contribution in [0.25, 0.3) is 0 Å². The van der Waals surface area contributed by atoms with Gasteiger partial charge in [0.15, 0.2) is 0 Å². The fourth-order valence-corrected chi connectivity index (χ4v) is 1.60. The molecule has 0 saturated heterocycles. The predicted molar refractivity (Wildman–Crippen MR) is 65.7 cm³/mol. The number of hydrogen-bond acceptors (Lipinski definition) is 3. The van der Waals surface area contributed by atoms with Gasteiger partial charge >= 0.3 is 0 Å². The highest BCUT2D eigenvalue weighted by atomic mass is 35.5. The van der Waals surface area contributed by atoms with E-state index >= 15 is 0 Å². The Morgan fingerprint density at radius 1 is 1.41 bits per heavy atom. The minimum Gasteiger partial charge on any atom is -0.467 e. The van der Waals surface area contributed by atoms with E-state index in [4.69, 9.17) is 21.8 Å². The van der Waals surface area contributed by atoms with Gasteiger partial charge in [0.2, 0.25) is 0 Å². The molecule has 0 aliphatic rings. The minimum atomic E-state index is -0.254. The number of halogens is 1. The van der Waals surface area contributed by atoms with Gasteiger partial charge in [-0.2, -0.15) is 0 Å². The summed E-state index contributed by atoms with van der Waals surface area (Å²) in [5, 5.41) is 3.21. The highest BCUT2D eigenvalue weighted by Gasteiger charge is 2.09. The van der Waals surface area contributed by atoms with Crippen molar-refractivity contribution in [2.24, 2.45) is 0 Å². The van der Waals surface area contributed by atoms with Gasteiger partial charge in [0.05, 0.1) is 18.4 Å². The number of nitrogens with two attached hydrogens (primary N) is 1. The van der Waals surface area contributed by atoms with Crippen molar-refractivity contribution in [3.8, 4) is 0 Å². The van der Waals surface area contributed by atoms with Crippen molar-refractivity contribution in [3.63, 3.8) is 0 Å². The zero-order valence-corrected chi connectivity index (χ0v) is 9.70. The molecule has 0 unspecified atom stereocenters. The van der Waals surface area contributed by atoms with E-state index in [-0.39, 0.29) is 5.91 Å². The molecule has 1 aromatic heterocycles. The molecule has 0 aliphatic heterocycles. The van der Waals surface area contributed by atoms with Crippen LogP contribution in [0.5, 0.6) is 0 Å². The second kappa shape index (κ2) is 4.93. The SMILES string of the molecule is Nc1cc(Cl)ccc1C(=O)NCc1ccco1. The summed E-state index contributed by atoms with van der Waals surface area (Å²) in [7, 11) is 0. The molecule has 4 nitrogen and oxygen atoms in total. The molecule has 1 amide bonds. The van der Waals surface area contributed by atoms with Crippen LogP contribution in [-0.4, -0.2) is 5.91 Å². The quantitative estimate of drug-likeness (QED) is 0.822. The second-order valence-electron chi connectivity index (χ2n) is 3.49. The Labute approximate surface area is 103 Å². The van der Waals surface area contributed by atoms with Crippen LogP contribution in [0.3, 0.4) is 0 Å². The Morgan fingerprint density at radius 3 is 2.88 bits per heavy atom. The number of nitrogen functional groups attached to an aromatic ring is 1. The lowest BCUT2D eigenvalue weighted by Crippen LogP contribution is -2.23. The molecule has 88 valence electrons. The molecule has 1 heterocycles. The van der Waals surface area contributed by atoms with Crippen LogP contribution in [0.4, 0.5) is 5.69 Å². The van der Waals surface area contributed by atoms with E-state index in [1.165, 1.54) is 0 Å². The molecule has 0 atom stereocenters. The summed E-state index contributed by atoms with van der Waals surface area (Å²) >= 11 is 5.75. The van der Waals surface area contributed by atoms with Crippen molar-refractivity contribution in [1.29, 1.82) is 0 Å². The van der Waals surface area contributed by atoms with Gasteiger partial charge in [-0.25, -0.2) is 0 Å². The number of carbonyl (C=O) groups excluding carboxylic acids is 1. The number of anilines is 1. The van der Waals surface area contributed by atoms with Crippen LogP contribution in [-0.2, 0) is 6.54 Å². The smallest absolute Gasteiger partial charge is 0.253 e. The first-order valence-corrected chi connectivity index (χ1v) is 5.40. The van der Waals surface area contributed by atoms with Crippen LogP contribution in [0.1, 0.15) is 16.1 Å². The summed E-state index contributed by atoms with van der Waals surface area (Å²) in [6, 6.07) is 8.31. The molecule has 5 heteroatoms. The summed E-state index contributed by atoms with van der Waals surface area (Å²) < 4.78 is 5.10. The molecule has 1 aromatic carbocycles. The van der Waals surface area contributed by atoms with Crippen molar-refractivity contribution in [2.45, 2.75) is 6.54 Å². The van der Waals surface area contributed by atoms with Crippen molar-refractivity contribution in [3.05, 3.63) is 52.9 Å². The van der Waals surface area contributed by atoms with E-state index < -0.39 is 0 Å². The van der Waals surface area contributed by atoms with Crippen molar-refractivity contribution < 1.29 is 9.21 Å². The van der Waals surface area contributed by atoms with Gasteiger partial charge in [0.1, 0.15) is 5.76 Å². The second-order valence-corrected chi connectivity index (χ2v) is 3.93. The largest absolute Gasteiger partial charge is 0.467 e. The van der Waals surface area contributed by atoms with Crippen molar-refractivity contribution in [1.82, 2.24) is 5.32 Å². The molecule has 0 saturated carbocycles. The van der Waals surface area contributed by atoms with Gasteiger partial charge in [-0.1, -0.05) is 11.6 Å². The van der Waals surface area contributed by atoms with Crippen LogP contribution < -0.4 is 11.1 Å². The summed E-state index contributed by atoms with van der Waals surface area (Å²) in [5.74, 6) is 0.432. The Bertz CT molecular complexity index is 523. The Balaban J connectivity index is 2.04. The van der Waals surface area contributed by atoms with Crippen molar-refractivity contribution in [2.75, 3.05) is 5.73 Å². The summed E-state index contributed by atoms with van der Waals surface area (Å²) in [6.45, 7) is 0.327. The van der Waals surface area contributed by atoms with E-state index in [1.54, 1.807) is 36.6 Å². The number of rotatable bonds is 3. The monoisotopic (exact) mass is 250 g/mol. The molecule has 0 spiro atoms.